The van der Waals surface area contributed by atoms with E-state index in [0.717, 1.165) is 31.2 Å². The van der Waals surface area contributed by atoms with Crippen LogP contribution in [0, 0.1) is 6.92 Å². The minimum Gasteiger partial charge on any atom is -0.335 e. The van der Waals surface area contributed by atoms with E-state index in [4.69, 9.17) is 0 Å². The zero-order chi connectivity index (χ0) is 17.3. The second-order valence-corrected chi connectivity index (χ2v) is 8.20. The first-order chi connectivity index (χ1) is 11.4. The molecule has 0 N–H and O–H groups in total. The van der Waals surface area contributed by atoms with Gasteiger partial charge >= 0.3 is 0 Å². The molecule has 6 nitrogen and oxygen atoms in total. The Kier molecular flexibility index (Phi) is 4.62. The minimum atomic E-state index is -3.84. The SMILES string of the molecule is Cc1ccc(S(=O)(=O)/N=C2/N(C)CC(=O)N2C2CCCCC2)cc1. The molecule has 1 aliphatic carbocycles. The van der Waals surface area contributed by atoms with Crippen molar-refractivity contribution in [3.8, 4) is 0 Å². The standard InChI is InChI=1S/C17H23N3O3S/c1-13-8-10-15(11-9-13)24(22,23)18-17-19(2)12-16(21)20(17)14-6-4-3-5-7-14/h8-11,14H,3-7,12H2,1-2H3/b18-17-. The summed E-state index contributed by atoms with van der Waals surface area (Å²) in [4.78, 5) is 15.7. The molecule has 1 amide bonds. The zero-order valence-corrected chi connectivity index (χ0v) is 14.9. The second kappa shape index (κ2) is 6.55. The van der Waals surface area contributed by atoms with Crippen LogP contribution in [0.3, 0.4) is 0 Å². The van der Waals surface area contributed by atoms with E-state index in [2.05, 4.69) is 4.40 Å². The average Bonchev–Trinajstić information content (AvgIpc) is 2.82. The van der Waals surface area contributed by atoms with E-state index in [0.29, 0.717) is 0 Å². The lowest BCUT2D eigenvalue weighted by molar-refractivity contribution is -0.126. The number of amides is 1. The zero-order valence-electron chi connectivity index (χ0n) is 14.1. The third-order valence-electron chi connectivity index (χ3n) is 4.66. The highest BCUT2D eigenvalue weighted by Gasteiger charge is 2.38. The van der Waals surface area contributed by atoms with Crippen LogP contribution in [-0.2, 0) is 14.8 Å². The number of guanidine groups is 1. The normalized spacial score (nSPS) is 21.8. The molecular weight excluding hydrogens is 326 g/mol. The maximum atomic E-state index is 12.6. The van der Waals surface area contributed by atoms with Gasteiger partial charge < -0.3 is 4.90 Å². The molecule has 0 bridgehead atoms. The Labute approximate surface area is 143 Å². The topological polar surface area (TPSA) is 70.0 Å². The Morgan fingerprint density at radius 3 is 2.33 bits per heavy atom. The van der Waals surface area contributed by atoms with Crippen molar-refractivity contribution in [3.63, 3.8) is 0 Å². The third-order valence-corrected chi connectivity index (χ3v) is 5.93. The fraction of sp³-hybridized carbons (Fsp3) is 0.529. The Hall–Kier alpha value is -1.89. The van der Waals surface area contributed by atoms with E-state index in [1.165, 1.54) is 6.42 Å². The predicted molar refractivity (Wildman–Crippen MR) is 92.1 cm³/mol. The molecule has 0 radical (unpaired) electrons. The van der Waals surface area contributed by atoms with E-state index in [-0.39, 0.29) is 29.3 Å². The molecule has 0 spiro atoms. The molecule has 2 fully saturated rings. The van der Waals surface area contributed by atoms with Crippen LogP contribution in [0.2, 0.25) is 0 Å². The molecule has 0 unspecified atom stereocenters. The van der Waals surface area contributed by atoms with Crippen LogP contribution >= 0.6 is 0 Å². The fourth-order valence-electron chi connectivity index (χ4n) is 3.34. The van der Waals surface area contributed by atoms with Crippen molar-refractivity contribution in [1.29, 1.82) is 0 Å². The summed E-state index contributed by atoms with van der Waals surface area (Å²) < 4.78 is 29.3. The van der Waals surface area contributed by atoms with Gasteiger partial charge in [0.25, 0.3) is 10.0 Å². The van der Waals surface area contributed by atoms with E-state index in [9.17, 15) is 13.2 Å². The molecule has 24 heavy (non-hydrogen) atoms. The highest BCUT2D eigenvalue weighted by atomic mass is 32.2. The van der Waals surface area contributed by atoms with Gasteiger partial charge in [0.2, 0.25) is 11.9 Å². The van der Waals surface area contributed by atoms with Gasteiger partial charge in [0.15, 0.2) is 0 Å². The summed E-state index contributed by atoms with van der Waals surface area (Å²) in [6.07, 6.45) is 5.11. The molecular formula is C17H23N3O3S. The van der Waals surface area contributed by atoms with Crippen LogP contribution in [0.5, 0.6) is 0 Å². The number of nitrogens with zero attached hydrogens (tertiary/aromatic N) is 3. The highest BCUT2D eigenvalue weighted by molar-refractivity contribution is 7.90. The number of aryl methyl sites for hydroxylation is 1. The summed E-state index contributed by atoms with van der Waals surface area (Å²) in [5, 5.41) is 0. The van der Waals surface area contributed by atoms with Gasteiger partial charge in [-0.3, -0.25) is 9.69 Å². The predicted octanol–water partition coefficient (Wildman–Crippen LogP) is 2.15. The lowest BCUT2D eigenvalue weighted by Gasteiger charge is -2.31. The Morgan fingerprint density at radius 1 is 1.08 bits per heavy atom. The van der Waals surface area contributed by atoms with Gasteiger partial charge in [-0.25, -0.2) is 0 Å². The van der Waals surface area contributed by atoms with Crippen LogP contribution in [0.4, 0.5) is 0 Å². The molecule has 1 aromatic carbocycles. The van der Waals surface area contributed by atoms with Gasteiger partial charge in [-0.15, -0.1) is 4.40 Å². The lowest BCUT2D eigenvalue weighted by atomic mass is 9.94. The summed E-state index contributed by atoms with van der Waals surface area (Å²) in [5.74, 6) is 0.190. The van der Waals surface area contributed by atoms with Crippen molar-refractivity contribution < 1.29 is 13.2 Å². The molecule has 3 rings (SSSR count). The summed E-state index contributed by atoms with van der Waals surface area (Å²) in [6.45, 7) is 2.08. The number of benzene rings is 1. The van der Waals surface area contributed by atoms with E-state index in [1.807, 2.05) is 6.92 Å². The molecule has 1 saturated heterocycles. The summed E-state index contributed by atoms with van der Waals surface area (Å²) in [6, 6.07) is 6.65. The Balaban J connectivity index is 1.95. The summed E-state index contributed by atoms with van der Waals surface area (Å²) in [7, 11) is -2.12. The number of hydrogen-bond acceptors (Lipinski definition) is 3. The van der Waals surface area contributed by atoms with Crippen molar-refractivity contribution in [3.05, 3.63) is 29.8 Å². The van der Waals surface area contributed by atoms with Gasteiger partial charge in [0.1, 0.15) is 6.54 Å². The molecule has 1 aromatic rings. The second-order valence-electron chi connectivity index (χ2n) is 6.59. The molecule has 1 saturated carbocycles. The Bertz CT molecular complexity index is 750. The smallest absolute Gasteiger partial charge is 0.285 e. The first-order valence-corrected chi connectivity index (χ1v) is 9.77. The first-order valence-electron chi connectivity index (χ1n) is 8.33. The highest BCUT2D eigenvalue weighted by Crippen LogP contribution is 2.27. The third kappa shape index (κ3) is 3.31. The number of hydrogen-bond donors (Lipinski definition) is 0. The van der Waals surface area contributed by atoms with Crippen molar-refractivity contribution in [2.75, 3.05) is 13.6 Å². The minimum absolute atomic E-state index is 0.0585. The Morgan fingerprint density at radius 2 is 1.71 bits per heavy atom. The van der Waals surface area contributed by atoms with Crippen molar-refractivity contribution in [2.24, 2.45) is 4.40 Å². The number of likely N-dealkylation sites (N-methyl/N-ethyl adjacent to an activating group) is 1. The average molecular weight is 349 g/mol. The van der Waals surface area contributed by atoms with Crippen LogP contribution in [0.25, 0.3) is 0 Å². The van der Waals surface area contributed by atoms with Gasteiger partial charge in [-0.1, -0.05) is 37.0 Å². The van der Waals surface area contributed by atoms with Crippen LogP contribution in [0.1, 0.15) is 37.7 Å². The lowest BCUT2D eigenvalue weighted by Crippen LogP contribution is -2.43. The van der Waals surface area contributed by atoms with Crippen molar-refractivity contribution >= 4 is 21.9 Å². The van der Waals surface area contributed by atoms with Crippen LogP contribution in [0.15, 0.2) is 33.6 Å². The maximum Gasteiger partial charge on any atom is 0.285 e. The molecule has 0 atom stereocenters. The summed E-state index contributed by atoms with van der Waals surface area (Å²) >= 11 is 0. The molecule has 1 heterocycles. The van der Waals surface area contributed by atoms with Crippen LogP contribution < -0.4 is 0 Å². The first kappa shape index (κ1) is 17.0. The van der Waals surface area contributed by atoms with Crippen molar-refractivity contribution in [2.45, 2.75) is 50.0 Å². The van der Waals surface area contributed by atoms with E-state index >= 15 is 0 Å². The van der Waals surface area contributed by atoms with Gasteiger partial charge in [-0.2, -0.15) is 8.42 Å². The fourth-order valence-corrected chi connectivity index (χ4v) is 4.36. The number of rotatable bonds is 3. The molecule has 2 aliphatic rings. The monoisotopic (exact) mass is 349 g/mol. The number of carbonyl (C=O) groups excluding carboxylic acids is 1. The summed E-state index contributed by atoms with van der Waals surface area (Å²) in [5.41, 5.74) is 0.985. The molecule has 7 heteroatoms. The largest absolute Gasteiger partial charge is 0.335 e. The van der Waals surface area contributed by atoms with Crippen molar-refractivity contribution in [1.82, 2.24) is 9.80 Å². The number of sulfonamides is 1. The van der Waals surface area contributed by atoms with Gasteiger partial charge in [-0.05, 0) is 31.9 Å². The van der Waals surface area contributed by atoms with E-state index < -0.39 is 10.0 Å². The van der Waals surface area contributed by atoms with Gasteiger partial charge in [0, 0.05) is 13.1 Å². The molecule has 0 aromatic heterocycles. The molecule has 130 valence electrons. The number of carbonyl (C=O) groups is 1. The maximum absolute atomic E-state index is 12.6. The van der Waals surface area contributed by atoms with Crippen LogP contribution in [-0.4, -0.2) is 49.7 Å². The van der Waals surface area contributed by atoms with Gasteiger partial charge in [0.05, 0.1) is 4.90 Å². The van der Waals surface area contributed by atoms with E-state index in [1.54, 1.807) is 41.1 Å². The molecule has 1 aliphatic heterocycles. The quantitative estimate of drug-likeness (QED) is 0.838.